The molecule has 0 aromatic carbocycles. The van der Waals surface area contributed by atoms with E-state index >= 15 is 0 Å². The van der Waals surface area contributed by atoms with Crippen molar-refractivity contribution < 1.29 is 19.8 Å². The predicted molar refractivity (Wildman–Crippen MR) is 100 cm³/mol. The van der Waals surface area contributed by atoms with E-state index in [-0.39, 0.29) is 12.4 Å². The molecule has 2 aliphatic rings. The van der Waals surface area contributed by atoms with Crippen molar-refractivity contribution in [2.75, 3.05) is 24.5 Å². The molecule has 4 rings (SSSR count). The van der Waals surface area contributed by atoms with E-state index in [0.717, 1.165) is 18.1 Å². The number of piperidine rings is 2. The molecule has 28 heavy (non-hydrogen) atoms. The Balaban J connectivity index is 0.000000706. The van der Waals surface area contributed by atoms with E-state index in [2.05, 4.69) is 20.5 Å². The Kier molecular flexibility index (Phi) is 5.88. The van der Waals surface area contributed by atoms with Crippen molar-refractivity contribution in [2.45, 2.75) is 25.4 Å². The number of aryl methyl sites for hydroxylation is 1. The zero-order valence-corrected chi connectivity index (χ0v) is 15.7. The Bertz CT molecular complexity index is 824. The second-order valence-corrected chi connectivity index (χ2v) is 6.99. The van der Waals surface area contributed by atoms with E-state index < -0.39 is 11.5 Å². The molecule has 4 heterocycles. The number of aliphatic hydroxyl groups is 1. The molecule has 10 nitrogen and oxygen atoms in total. The van der Waals surface area contributed by atoms with Gasteiger partial charge in [-0.25, -0.2) is 4.98 Å². The third-order valence-electron chi connectivity index (χ3n) is 5.35. The van der Waals surface area contributed by atoms with Crippen LogP contribution >= 0.6 is 0 Å². The average Bonchev–Trinajstić information content (AvgIpc) is 3.13. The maximum atomic E-state index is 12.5. The summed E-state index contributed by atoms with van der Waals surface area (Å²) >= 11 is 0. The number of carboxylic acid groups (broad SMARTS) is 1. The number of nitrogens with zero attached hydrogens (tertiary/aromatic N) is 5. The van der Waals surface area contributed by atoms with Gasteiger partial charge in [-0.05, 0) is 31.4 Å². The Morgan fingerprint density at radius 1 is 1.36 bits per heavy atom. The van der Waals surface area contributed by atoms with Gasteiger partial charge in [0.1, 0.15) is 5.69 Å². The van der Waals surface area contributed by atoms with Crippen LogP contribution < -0.4 is 10.2 Å². The van der Waals surface area contributed by atoms with Gasteiger partial charge in [-0.2, -0.15) is 0 Å². The summed E-state index contributed by atoms with van der Waals surface area (Å²) in [5.41, 5.74) is -0.0327. The summed E-state index contributed by atoms with van der Waals surface area (Å²) in [5.74, 6) is 1.44. The van der Waals surface area contributed by atoms with Crippen LogP contribution in [-0.4, -0.2) is 68.1 Å². The van der Waals surface area contributed by atoms with Crippen molar-refractivity contribution in [1.82, 2.24) is 25.1 Å². The smallest absolute Gasteiger partial charge is 0.290 e. The van der Waals surface area contributed by atoms with Gasteiger partial charge in [0, 0.05) is 39.1 Å². The Morgan fingerprint density at radius 2 is 2.14 bits per heavy atom. The largest absolute Gasteiger partial charge is 0.483 e. The van der Waals surface area contributed by atoms with Crippen LogP contribution in [0.3, 0.4) is 0 Å². The van der Waals surface area contributed by atoms with Crippen LogP contribution in [0.15, 0.2) is 24.5 Å². The van der Waals surface area contributed by atoms with Crippen LogP contribution in [-0.2, 0) is 16.6 Å². The summed E-state index contributed by atoms with van der Waals surface area (Å²) in [6.45, 7) is 1.56. The standard InChI is InChI=1S/C17H22N6O2.CH2O2/c1-22-10-8-18-15(22)12-3-4-14(21-20-12)23-9-5-13(24)17(11-23)6-2-7-19-16(17)25;2-1-3/h3-4,8,10,13,24H,2,5-7,9,11H2,1H3,(H,19,25);1H,(H,2,3)/t13-,17+;/m0./s1. The molecule has 2 aromatic rings. The van der Waals surface area contributed by atoms with Crippen molar-refractivity contribution in [2.24, 2.45) is 12.5 Å². The molecule has 0 unspecified atom stereocenters. The highest BCUT2D eigenvalue weighted by atomic mass is 16.3. The van der Waals surface area contributed by atoms with Crippen molar-refractivity contribution in [1.29, 1.82) is 0 Å². The van der Waals surface area contributed by atoms with Gasteiger partial charge in [0.2, 0.25) is 5.91 Å². The third-order valence-corrected chi connectivity index (χ3v) is 5.35. The lowest BCUT2D eigenvalue weighted by Gasteiger charge is -2.47. The maximum Gasteiger partial charge on any atom is 0.290 e. The molecule has 0 aliphatic carbocycles. The van der Waals surface area contributed by atoms with E-state index in [1.807, 2.05) is 34.8 Å². The molecule has 2 aromatic heterocycles. The Hall–Kier alpha value is -3.01. The van der Waals surface area contributed by atoms with Gasteiger partial charge in [0.05, 0.1) is 11.5 Å². The van der Waals surface area contributed by atoms with Gasteiger partial charge < -0.3 is 25.0 Å². The highest BCUT2D eigenvalue weighted by Gasteiger charge is 2.50. The minimum absolute atomic E-state index is 0.0476. The van der Waals surface area contributed by atoms with Crippen molar-refractivity contribution in [3.8, 4) is 11.5 Å². The molecule has 0 bridgehead atoms. The fraction of sp³-hybridized carbons (Fsp3) is 0.500. The molecule has 1 spiro atoms. The molecule has 0 saturated carbocycles. The number of nitrogens with one attached hydrogen (secondary N) is 1. The maximum absolute atomic E-state index is 12.5. The van der Waals surface area contributed by atoms with Crippen LogP contribution in [0, 0.1) is 5.41 Å². The van der Waals surface area contributed by atoms with Crippen LogP contribution in [0.2, 0.25) is 0 Å². The average molecular weight is 388 g/mol. The second kappa shape index (κ2) is 8.34. The van der Waals surface area contributed by atoms with E-state index in [1.54, 1.807) is 6.20 Å². The predicted octanol–water partition coefficient (Wildman–Crippen LogP) is 0.0453. The number of aliphatic hydroxyl groups excluding tert-OH is 1. The zero-order chi connectivity index (χ0) is 20.1. The lowest BCUT2D eigenvalue weighted by molar-refractivity contribution is -0.142. The summed E-state index contributed by atoms with van der Waals surface area (Å²) in [6.07, 6.45) is 5.13. The first kappa shape index (κ1) is 19.7. The van der Waals surface area contributed by atoms with E-state index in [0.29, 0.717) is 38.2 Å². The van der Waals surface area contributed by atoms with Gasteiger partial charge in [-0.1, -0.05) is 0 Å². The second-order valence-electron chi connectivity index (χ2n) is 6.99. The highest BCUT2D eigenvalue weighted by molar-refractivity contribution is 5.85. The van der Waals surface area contributed by atoms with Crippen molar-refractivity contribution in [3.05, 3.63) is 24.5 Å². The number of amides is 1. The summed E-state index contributed by atoms with van der Waals surface area (Å²) in [4.78, 5) is 27.1. The molecule has 2 saturated heterocycles. The fourth-order valence-corrected chi connectivity index (χ4v) is 3.86. The van der Waals surface area contributed by atoms with Gasteiger partial charge in [-0.15, -0.1) is 10.2 Å². The molecule has 0 radical (unpaired) electrons. The minimum atomic E-state index is -0.740. The first-order valence-corrected chi connectivity index (χ1v) is 9.12. The fourth-order valence-electron chi connectivity index (χ4n) is 3.86. The van der Waals surface area contributed by atoms with Gasteiger partial charge in [0.15, 0.2) is 11.6 Å². The van der Waals surface area contributed by atoms with E-state index in [4.69, 9.17) is 9.90 Å². The van der Waals surface area contributed by atoms with E-state index in [9.17, 15) is 9.90 Å². The minimum Gasteiger partial charge on any atom is -0.483 e. The van der Waals surface area contributed by atoms with Gasteiger partial charge >= 0.3 is 0 Å². The number of rotatable bonds is 2. The number of imidazole rings is 1. The highest BCUT2D eigenvalue weighted by Crippen LogP contribution is 2.38. The van der Waals surface area contributed by atoms with Crippen LogP contribution in [0.1, 0.15) is 19.3 Å². The van der Waals surface area contributed by atoms with Gasteiger partial charge in [0.25, 0.3) is 6.47 Å². The Morgan fingerprint density at radius 3 is 2.75 bits per heavy atom. The van der Waals surface area contributed by atoms with Crippen LogP contribution in [0.25, 0.3) is 11.5 Å². The molecular formula is C18H24N6O4. The zero-order valence-electron chi connectivity index (χ0n) is 15.7. The van der Waals surface area contributed by atoms with Crippen molar-refractivity contribution in [3.63, 3.8) is 0 Å². The quantitative estimate of drug-likeness (QED) is 0.615. The number of aromatic nitrogens is 4. The number of hydrogen-bond donors (Lipinski definition) is 3. The molecule has 10 heteroatoms. The number of anilines is 1. The molecule has 150 valence electrons. The number of hydrogen-bond acceptors (Lipinski definition) is 7. The summed E-state index contributed by atoms with van der Waals surface area (Å²) < 4.78 is 1.89. The number of carbonyl (C=O) groups excluding carboxylic acids is 1. The summed E-state index contributed by atoms with van der Waals surface area (Å²) in [7, 11) is 1.91. The topological polar surface area (TPSA) is 133 Å². The molecule has 2 aliphatic heterocycles. The van der Waals surface area contributed by atoms with E-state index in [1.165, 1.54) is 0 Å². The lowest BCUT2D eigenvalue weighted by Crippen LogP contribution is -2.61. The summed E-state index contributed by atoms with van der Waals surface area (Å²) in [6, 6.07) is 3.80. The first-order valence-electron chi connectivity index (χ1n) is 9.12. The first-order chi connectivity index (χ1) is 13.5. The molecule has 2 atom stereocenters. The summed E-state index contributed by atoms with van der Waals surface area (Å²) in [5, 5.41) is 28.9. The SMILES string of the molecule is Cn1ccnc1-c1ccc(N2CC[C@H](O)[C@@]3(CCCNC3=O)C2)nn1.O=CO. The number of carbonyl (C=O) groups is 2. The molecule has 1 amide bonds. The molecule has 2 fully saturated rings. The van der Waals surface area contributed by atoms with Gasteiger partial charge in [-0.3, -0.25) is 9.59 Å². The normalized spacial score (nSPS) is 24.3. The third kappa shape index (κ3) is 3.68. The monoisotopic (exact) mass is 388 g/mol. The molecule has 3 N–H and O–H groups in total. The van der Waals surface area contributed by atoms with Crippen LogP contribution in [0.5, 0.6) is 0 Å². The Labute approximate surface area is 162 Å². The lowest BCUT2D eigenvalue weighted by atomic mass is 9.71. The van der Waals surface area contributed by atoms with Crippen LogP contribution in [0.4, 0.5) is 5.82 Å². The van der Waals surface area contributed by atoms with Crippen molar-refractivity contribution >= 4 is 18.2 Å². The molecular weight excluding hydrogens is 364 g/mol.